The Balaban J connectivity index is 1.41. The van der Waals surface area contributed by atoms with Crippen LogP contribution in [-0.4, -0.2) is 53.4 Å². The first kappa shape index (κ1) is 25.3. The van der Waals surface area contributed by atoms with Crippen LogP contribution in [0.2, 0.25) is 0 Å². The van der Waals surface area contributed by atoms with Crippen LogP contribution in [0.15, 0.2) is 23.3 Å². The SMILES string of the molecule is CC(CN1CC[C@H](CC(F)F)C1)[C@H]1CC[C@H]2/C(=C/C=C3/C[C@@H](O)C[C@H](O)C3C)CCC[C@]12C. The number of fused-ring (bicyclic) bond motifs is 1. The number of rotatable bonds is 6. The van der Waals surface area contributed by atoms with Crippen molar-refractivity contribution in [2.45, 2.75) is 97.2 Å². The van der Waals surface area contributed by atoms with Gasteiger partial charge in [-0.1, -0.05) is 44.1 Å². The first-order chi connectivity index (χ1) is 15.7. The number of aliphatic hydroxyl groups is 2. The average Bonchev–Trinajstić information content (AvgIpc) is 3.32. The standard InChI is InChI=1S/C28H45F2NO2/c1-18(16-31-12-10-20(17-31)13-27(29)30)24-8-9-25-21(5-4-11-28(24,25)3)6-7-22-14-23(32)15-26(33)19(22)2/h6-7,18-20,23-27,32-33H,4-5,8-17H2,1-3H3/b21-6+,22-7-/t18?,19?,20-,23-,24-,25+,26+,28-/m1/s1. The Kier molecular flexibility index (Phi) is 8.02. The van der Waals surface area contributed by atoms with Gasteiger partial charge < -0.3 is 15.1 Å². The van der Waals surface area contributed by atoms with Gasteiger partial charge in [-0.05, 0) is 80.6 Å². The molecule has 1 heterocycles. The van der Waals surface area contributed by atoms with Crippen molar-refractivity contribution in [2.24, 2.45) is 35.0 Å². The van der Waals surface area contributed by atoms with E-state index < -0.39 is 18.6 Å². The highest BCUT2D eigenvalue weighted by molar-refractivity contribution is 5.27. The van der Waals surface area contributed by atoms with Gasteiger partial charge in [0.25, 0.3) is 0 Å². The van der Waals surface area contributed by atoms with E-state index in [0.717, 1.165) is 32.5 Å². The lowest BCUT2D eigenvalue weighted by Gasteiger charge is -2.45. The number of aliphatic hydroxyl groups excluding tert-OH is 2. The van der Waals surface area contributed by atoms with E-state index in [1.54, 1.807) is 5.57 Å². The highest BCUT2D eigenvalue weighted by Crippen LogP contribution is 2.59. The molecule has 188 valence electrons. The van der Waals surface area contributed by atoms with Crippen molar-refractivity contribution in [3.05, 3.63) is 23.3 Å². The van der Waals surface area contributed by atoms with Crippen LogP contribution >= 0.6 is 0 Å². The Morgan fingerprint density at radius 2 is 1.91 bits per heavy atom. The normalized spacial score (nSPS) is 43.5. The minimum absolute atomic E-state index is 0.0600. The van der Waals surface area contributed by atoms with E-state index in [0.29, 0.717) is 36.0 Å². The fourth-order valence-electron chi connectivity index (χ4n) is 7.98. The van der Waals surface area contributed by atoms with Crippen molar-refractivity contribution in [3.8, 4) is 0 Å². The molecular formula is C28H45F2NO2. The predicted molar refractivity (Wildman–Crippen MR) is 129 cm³/mol. The molecule has 3 nitrogen and oxygen atoms in total. The topological polar surface area (TPSA) is 43.7 Å². The van der Waals surface area contributed by atoms with Crippen LogP contribution in [-0.2, 0) is 0 Å². The summed E-state index contributed by atoms with van der Waals surface area (Å²) in [5, 5.41) is 20.4. The quantitative estimate of drug-likeness (QED) is 0.519. The van der Waals surface area contributed by atoms with Gasteiger partial charge in [-0.3, -0.25) is 0 Å². The Morgan fingerprint density at radius 1 is 1.15 bits per heavy atom. The van der Waals surface area contributed by atoms with Gasteiger partial charge in [-0.15, -0.1) is 0 Å². The van der Waals surface area contributed by atoms with E-state index in [2.05, 4.69) is 37.8 Å². The molecule has 33 heavy (non-hydrogen) atoms. The molecule has 8 atom stereocenters. The van der Waals surface area contributed by atoms with Gasteiger partial charge in [-0.2, -0.15) is 0 Å². The first-order valence-corrected chi connectivity index (χ1v) is 13.4. The molecule has 2 unspecified atom stereocenters. The summed E-state index contributed by atoms with van der Waals surface area (Å²) in [5.74, 6) is 2.18. The summed E-state index contributed by atoms with van der Waals surface area (Å²) >= 11 is 0. The van der Waals surface area contributed by atoms with Crippen molar-refractivity contribution < 1.29 is 19.0 Å². The van der Waals surface area contributed by atoms with Gasteiger partial charge >= 0.3 is 0 Å². The third-order valence-corrected chi connectivity index (χ3v) is 9.81. The number of allylic oxidation sites excluding steroid dienone is 3. The second-order valence-corrected chi connectivity index (χ2v) is 12.0. The minimum Gasteiger partial charge on any atom is -0.393 e. The third-order valence-electron chi connectivity index (χ3n) is 9.81. The monoisotopic (exact) mass is 465 g/mol. The summed E-state index contributed by atoms with van der Waals surface area (Å²) in [6, 6.07) is 0. The largest absolute Gasteiger partial charge is 0.393 e. The summed E-state index contributed by atoms with van der Waals surface area (Å²) in [6.07, 6.45) is 9.80. The molecule has 0 aromatic carbocycles. The molecule has 4 rings (SSSR count). The number of alkyl halides is 2. The summed E-state index contributed by atoms with van der Waals surface area (Å²) in [4.78, 5) is 2.44. The van der Waals surface area contributed by atoms with Crippen molar-refractivity contribution >= 4 is 0 Å². The Morgan fingerprint density at radius 3 is 2.67 bits per heavy atom. The van der Waals surface area contributed by atoms with Crippen LogP contribution in [0.4, 0.5) is 8.78 Å². The van der Waals surface area contributed by atoms with Crippen LogP contribution < -0.4 is 0 Å². The van der Waals surface area contributed by atoms with Crippen molar-refractivity contribution in [2.75, 3.05) is 19.6 Å². The maximum Gasteiger partial charge on any atom is 0.238 e. The van der Waals surface area contributed by atoms with Crippen molar-refractivity contribution in [3.63, 3.8) is 0 Å². The fraction of sp³-hybridized carbons (Fsp3) is 0.857. The second kappa shape index (κ2) is 10.5. The molecule has 3 aliphatic carbocycles. The van der Waals surface area contributed by atoms with Gasteiger partial charge in [0.1, 0.15) is 0 Å². The molecule has 3 saturated carbocycles. The first-order valence-electron chi connectivity index (χ1n) is 13.4. The highest BCUT2D eigenvalue weighted by Gasteiger charge is 2.50. The summed E-state index contributed by atoms with van der Waals surface area (Å²) in [6.45, 7) is 9.84. The van der Waals surface area contributed by atoms with E-state index in [-0.39, 0.29) is 18.3 Å². The molecule has 4 fully saturated rings. The molecule has 1 aliphatic heterocycles. The average molecular weight is 466 g/mol. The summed E-state index contributed by atoms with van der Waals surface area (Å²) in [7, 11) is 0. The molecule has 5 heteroatoms. The van der Waals surface area contributed by atoms with Gasteiger partial charge in [-0.25, -0.2) is 8.78 Å². The molecule has 0 aromatic rings. The molecular weight excluding hydrogens is 420 g/mol. The smallest absolute Gasteiger partial charge is 0.238 e. The van der Waals surface area contributed by atoms with Gasteiger partial charge in [0, 0.05) is 31.8 Å². The Bertz CT molecular complexity index is 737. The van der Waals surface area contributed by atoms with Crippen LogP contribution in [0.1, 0.15) is 78.6 Å². The fourth-order valence-corrected chi connectivity index (χ4v) is 7.98. The molecule has 4 aliphatic rings. The highest BCUT2D eigenvalue weighted by atomic mass is 19.3. The lowest BCUT2D eigenvalue weighted by Crippen LogP contribution is -2.39. The number of nitrogens with zero attached hydrogens (tertiary/aromatic N) is 1. The van der Waals surface area contributed by atoms with E-state index >= 15 is 0 Å². The van der Waals surface area contributed by atoms with Crippen molar-refractivity contribution in [1.82, 2.24) is 4.90 Å². The number of likely N-dealkylation sites (tertiary alicyclic amines) is 1. The van der Waals surface area contributed by atoms with E-state index in [1.807, 2.05) is 0 Å². The van der Waals surface area contributed by atoms with Crippen LogP contribution in [0.3, 0.4) is 0 Å². The maximum atomic E-state index is 12.8. The zero-order chi connectivity index (χ0) is 23.8. The lowest BCUT2D eigenvalue weighted by molar-refractivity contribution is 0.0333. The third kappa shape index (κ3) is 5.56. The molecule has 0 aromatic heterocycles. The summed E-state index contributed by atoms with van der Waals surface area (Å²) < 4.78 is 25.6. The number of hydrogen-bond donors (Lipinski definition) is 2. The molecule has 0 spiro atoms. The number of hydrogen-bond acceptors (Lipinski definition) is 3. The van der Waals surface area contributed by atoms with Crippen LogP contribution in [0.25, 0.3) is 0 Å². The zero-order valence-corrected chi connectivity index (χ0v) is 20.9. The van der Waals surface area contributed by atoms with Gasteiger partial charge in [0.05, 0.1) is 12.2 Å². The molecule has 0 amide bonds. The van der Waals surface area contributed by atoms with E-state index in [4.69, 9.17) is 0 Å². The molecule has 0 radical (unpaired) electrons. The molecule has 2 N–H and O–H groups in total. The van der Waals surface area contributed by atoms with Gasteiger partial charge in [0.2, 0.25) is 6.43 Å². The Labute approximate surface area is 199 Å². The van der Waals surface area contributed by atoms with Crippen molar-refractivity contribution in [1.29, 1.82) is 0 Å². The second-order valence-electron chi connectivity index (χ2n) is 12.0. The molecule has 1 saturated heterocycles. The van der Waals surface area contributed by atoms with Crippen LogP contribution in [0.5, 0.6) is 0 Å². The summed E-state index contributed by atoms with van der Waals surface area (Å²) in [5.41, 5.74) is 3.06. The molecule has 0 bridgehead atoms. The lowest BCUT2D eigenvalue weighted by atomic mass is 9.61. The number of halogens is 2. The maximum absolute atomic E-state index is 12.8. The van der Waals surface area contributed by atoms with E-state index in [1.165, 1.54) is 31.3 Å². The van der Waals surface area contributed by atoms with Gasteiger partial charge in [0.15, 0.2) is 0 Å². The van der Waals surface area contributed by atoms with E-state index in [9.17, 15) is 19.0 Å². The Hall–Kier alpha value is -0.780. The minimum atomic E-state index is -2.17. The zero-order valence-electron chi connectivity index (χ0n) is 20.9. The predicted octanol–water partition coefficient (Wildman–Crippen LogP) is 5.82. The van der Waals surface area contributed by atoms with Crippen LogP contribution in [0, 0.1) is 35.0 Å².